The van der Waals surface area contributed by atoms with Crippen LogP contribution < -0.4 is 15.0 Å². The predicted molar refractivity (Wildman–Crippen MR) is 149 cm³/mol. The van der Waals surface area contributed by atoms with Crippen molar-refractivity contribution in [2.45, 2.75) is 33.2 Å². The summed E-state index contributed by atoms with van der Waals surface area (Å²) in [6.45, 7) is 9.45. The van der Waals surface area contributed by atoms with Crippen LogP contribution in [0.2, 0.25) is 0 Å². The molecule has 208 valence electrons. The molecule has 2 aromatic carbocycles. The number of aromatic hydroxyl groups is 1. The maximum atomic E-state index is 12.9. The third-order valence-corrected chi connectivity index (χ3v) is 7.43. The molecule has 2 aromatic rings. The molecule has 0 aliphatic carbocycles. The van der Waals surface area contributed by atoms with Crippen molar-refractivity contribution in [2.75, 3.05) is 52.4 Å². The van der Waals surface area contributed by atoms with E-state index in [1.807, 2.05) is 6.07 Å². The summed E-state index contributed by atoms with van der Waals surface area (Å²) >= 11 is 0. The molecule has 0 bridgehead atoms. The van der Waals surface area contributed by atoms with E-state index in [-0.39, 0.29) is 11.5 Å². The molecule has 2 heterocycles. The lowest BCUT2D eigenvalue weighted by molar-refractivity contribution is -0.137. The Labute approximate surface area is 229 Å². The van der Waals surface area contributed by atoms with Crippen molar-refractivity contribution >= 4 is 17.6 Å². The van der Waals surface area contributed by atoms with Gasteiger partial charge in [0.05, 0.1) is 38.4 Å². The van der Waals surface area contributed by atoms with E-state index in [9.17, 15) is 14.7 Å². The molecule has 0 saturated carbocycles. The van der Waals surface area contributed by atoms with Crippen LogP contribution in [0.15, 0.2) is 58.9 Å². The zero-order valence-corrected chi connectivity index (χ0v) is 23.5. The molecular weight excluding hydrogens is 498 g/mol. The van der Waals surface area contributed by atoms with Crippen molar-refractivity contribution in [3.05, 3.63) is 75.6 Å². The highest BCUT2D eigenvalue weighted by Gasteiger charge is 2.38. The van der Waals surface area contributed by atoms with Gasteiger partial charge >= 0.3 is 11.9 Å². The standard InChI is InChI=1S/C30H37N3O6/c1-18-8-7-9-23(14-18)33-12-10-32(11-13-33)17-22-15-21(16-24(37-4)28(22)34)27-25(29(35)38-5)19(2)31-20(3)26(27)30(36)39-6/h7-9,14-16,27,31,34H,10-13,17H2,1-6H3. The summed E-state index contributed by atoms with van der Waals surface area (Å²) < 4.78 is 15.7. The molecule has 0 radical (unpaired) electrons. The van der Waals surface area contributed by atoms with Crippen LogP contribution in [-0.4, -0.2) is 69.5 Å². The zero-order valence-electron chi connectivity index (χ0n) is 23.5. The van der Waals surface area contributed by atoms with Gasteiger partial charge in [-0.3, -0.25) is 4.90 Å². The predicted octanol–water partition coefficient (Wildman–Crippen LogP) is 3.61. The number of nitrogens with zero attached hydrogens (tertiary/aromatic N) is 2. The number of carbonyl (C=O) groups excluding carboxylic acids is 2. The van der Waals surface area contributed by atoms with Crippen LogP contribution >= 0.6 is 0 Å². The number of carbonyl (C=O) groups is 2. The highest BCUT2D eigenvalue weighted by Crippen LogP contribution is 2.43. The van der Waals surface area contributed by atoms with Gasteiger partial charge in [0.1, 0.15) is 0 Å². The minimum absolute atomic E-state index is 0.0388. The normalized spacial score (nSPS) is 16.7. The fraction of sp³-hybridized carbons (Fsp3) is 0.400. The number of hydrogen-bond acceptors (Lipinski definition) is 9. The molecule has 1 saturated heterocycles. The third kappa shape index (κ3) is 5.73. The molecule has 0 aromatic heterocycles. The fourth-order valence-electron chi connectivity index (χ4n) is 5.45. The van der Waals surface area contributed by atoms with Crippen LogP contribution in [0.5, 0.6) is 11.5 Å². The smallest absolute Gasteiger partial charge is 0.336 e. The number of dihydropyridines is 1. The Kier molecular flexibility index (Phi) is 8.50. The van der Waals surface area contributed by atoms with E-state index < -0.39 is 17.9 Å². The number of esters is 2. The SMILES string of the molecule is COC(=O)C1=C(C)NC(C)=C(C(=O)OC)C1c1cc(CN2CCN(c3cccc(C)c3)CC2)c(O)c(OC)c1. The maximum Gasteiger partial charge on any atom is 0.336 e. The number of rotatable bonds is 7. The maximum absolute atomic E-state index is 12.9. The Hall–Kier alpha value is -3.98. The number of phenolic OH excluding ortho intramolecular Hbond substituents is 1. The van der Waals surface area contributed by atoms with E-state index in [1.54, 1.807) is 19.9 Å². The van der Waals surface area contributed by atoms with Crippen LogP contribution in [-0.2, 0) is 25.6 Å². The van der Waals surface area contributed by atoms with Gasteiger partial charge in [0, 0.05) is 55.4 Å². The molecule has 1 fully saturated rings. The molecular formula is C30H37N3O6. The molecule has 9 nitrogen and oxygen atoms in total. The highest BCUT2D eigenvalue weighted by atomic mass is 16.5. The van der Waals surface area contributed by atoms with E-state index in [4.69, 9.17) is 14.2 Å². The Morgan fingerprint density at radius 2 is 1.54 bits per heavy atom. The summed E-state index contributed by atoms with van der Waals surface area (Å²) in [6.07, 6.45) is 0. The first-order valence-corrected chi connectivity index (χ1v) is 13.0. The van der Waals surface area contributed by atoms with Crippen molar-refractivity contribution in [1.29, 1.82) is 0 Å². The van der Waals surface area contributed by atoms with Crippen LogP contribution in [0.1, 0.15) is 36.5 Å². The van der Waals surface area contributed by atoms with Crippen LogP contribution in [0.3, 0.4) is 0 Å². The van der Waals surface area contributed by atoms with Gasteiger partial charge in [-0.05, 0) is 56.2 Å². The van der Waals surface area contributed by atoms with Gasteiger partial charge in [0.25, 0.3) is 0 Å². The van der Waals surface area contributed by atoms with Gasteiger partial charge in [-0.1, -0.05) is 12.1 Å². The first kappa shape index (κ1) is 28.0. The monoisotopic (exact) mass is 535 g/mol. The average Bonchev–Trinajstić information content (AvgIpc) is 2.93. The molecule has 39 heavy (non-hydrogen) atoms. The van der Waals surface area contributed by atoms with E-state index in [2.05, 4.69) is 46.3 Å². The van der Waals surface area contributed by atoms with Crippen LogP contribution in [0, 0.1) is 6.92 Å². The van der Waals surface area contributed by atoms with Gasteiger partial charge < -0.3 is 29.5 Å². The fourth-order valence-corrected chi connectivity index (χ4v) is 5.45. The van der Waals surface area contributed by atoms with Gasteiger partial charge in [-0.2, -0.15) is 0 Å². The van der Waals surface area contributed by atoms with Crippen LogP contribution in [0.4, 0.5) is 5.69 Å². The topological polar surface area (TPSA) is 101 Å². The first-order valence-electron chi connectivity index (χ1n) is 13.0. The minimum atomic E-state index is -0.766. The lowest BCUT2D eigenvalue weighted by Gasteiger charge is -2.36. The number of piperazine rings is 1. The second-order valence-electron chi connectivity index (χ2n) is 9.95. The summed E-state index contributed by atoms with van der Waals surface area (Å²) in [7, 11) is 4.10. The number of methoxy groups -OCH3 is 3. The zero-order chi connectivity index (χ0) is 28.3. The van der Waals surface area contributed by atoms with Crippen molar-refractivity contribution in [3.63, 3.8) is 0 Å². The molecule has 2 N–H and O–H groups in total. The molecule has 2 aliphatic rings. The number of ether oxygens (including phenoxy) is 3. The van der Waals surface area contributed by atoms with E-state index in [0.29, 0.717) is 40.2 Å². The number of phenols is 1. The molecule has 9 heteroatoms. The number of allylic oxidation sites excluding steroid dienone is 2. The highest BCUT2D eigenvalue weighted by molar-refractivity contribution is 5.99. The largest absolute Gasteiger partial charge is 0.504 e. The number of benzene rings is 2. The van der Waals surface area contributed by atoms with Gasteiger partial charge in [-0.25, -0.2) is 9.59 Å². The third-order valence-electron chi connectivity index (χ3n) is 7.43. The molecule has 0 atom stereocenters. The average molecular weight is 536 g/mol. The number of hydrogen-bond donors (Lipinski definition) is 2. The molecule has 0 spiro atoms. The summed E-state index contributed by atoms with van der Waals surface area (Å²) in [5.41, 5.74) is 5.48. The number of nitrogens with one attached hydrogen (secondary N) is 1. The lowest BCUT2D eigenvalue weighted by Crippen LogP contribution is -2.46. The van der Waals surface area contributed by atoms with Gasteiger partial charge in [0.15, 0.2) is 11.5 Å². The Bertz CT molecular complexity index is 1290. The summed E-state index contributed by atoms with van der Waals surface area (Å²) in [5.74, 6) is -1.57. The number of anilines is 1. The second-order valence-corrected chi connectivity index (χ2v) is 9.95. The lowest BCUT2D eigenvalue weighted by atomic mass is 9.79. The summed E-state index contributed by atoms with van der Waals surface area (Å²) in [5, 5.41) is 14.2. The molecule has 0 unspecified atom stereocenters. The van der Waals surface area contributed by atoms with E-state index in [0.717, 1.165) is 26.2 Å². The second kappa shape index (κ2) is 11.8. The van der Waals surface area contributed by atoms with Gasteiger partial charge in [0.2, 0.25) is 0 Å². The van der Waals surface area contributed by atoms with Gasteiger partial charge in [-0.15, -0.1) is 0 Å². The number of aryl methyl sites for hydroxylation is 1. The van der Waals surface area contributed by atoms with Crippen molar-refractivity contribution in [2.24, 2.45) is 0 Å². The van der Waals surface area contributed by atoms with E-state index in [1.165, 1.54) is 32.6 Å². The summed E-state index contributed by atoms with van der Waals surface area (Å²) in [6, 6.07) is 12.0. The van der Waals surface area contributed by atoms with E-state index >= 15 is 0 Å². The molecule has 2 aliphatic heterocycles. The minimum Gasteiger partial charge on any atom is -0.504 e. The van der Waals surface area contributed by atoms with Crippen LogP contribution in [0.25, 0.3) is 0 Å². The van der Waals surface area contributed by atoms with Crippen molar-refractivity contribution in [3.8, 4) is 11.5 Å². The van der Waals surface area contributed by atoms with Crippen molar-refractivity contribution < 1.29 is 28.9 Å². The Balaban J connectivity index is 1.68. The Morgan fingerprint density at radius 3 is 2.08 bits per heavy atom. The Morgan fingerprint density at radius 1 is 0.923 bits per heavy atom. The first-order chi connectivity index (χ1) is 18.7. The summed E-state index contributed by atoms with van der Waals surface area (Å²) in [4.78, 5) is 30.5. The molecule has 0 amide bonds. The molecule has 4 rings (SSSR count). The van der Waals surface area contributed by atoms with Crippen molar-refractivity contribution in [1.82, 2.24) is 10.2 Å². The quantitative estimate of drug-likeness (QED) is 0.515.